The second-order valence-electron chi connectivity index (χ2n) is 18.4. The van der Waals surface area contributed by atoms with Gasteiger partial charge in [-0.2, -0.15) is 0 Å². The van der Waals surface area contributed by atoms with Crippen LogP contribution in [0.4, 0.5) is 0 Å². The summed E-state index contributed by atoms with van der Waals surface area (Å²) < 4.78 is 23.8. The Hall–Kier alpha value is 3.58. The lowest BCUT2D eigenvalue weighted by Gasteiger charge is -2.10. The molecule has 0 spiro atoms. The van der Waals surface area contributed by atoms with Gasteiger partial charge >= 0.3 is 0 Å². The highest BCUT2D eigenvalue weighted by Crippen LogP contribution is 2.73. The number of hydrogen-bond donors (Lipinski definition) is 0. The van der Waals surface area contributed by atoms with Crippen molar-refractivity contribution in [3.8, 4) is 0 Å². The van der Waals surface area contributed by atoms with Crippen LogP contribution in [0.15, 0.2) is 112 Å². The molecular formula is C56H68S21. The van der Waals surface area contributed by atoms with Gasteiger partial charge in [-0.3, -0.25) is 0 Å². The summed E-state index contributed by atoms with van der Waals surface area (Å²) in [5, 5.41) is 0. The minimum absolute atomic E-state index is 1.24. The van der Waals surface area contributed by atoms with Gasteiger partial charge in [0.25, 0.3) is 0 Å². The molecule has 1 aromatic heterocycles. The third-order valence-electron chi connectivity index (χ3n) is 12.3. The molecule has 21 heteroatoms. The summed E-state index contributed by atoms with van der Waals surface area (Å²) in [5.74, 6) is 4.97. The molecule has 9 heterocycles. The van der Waals surface area contributed by atoms with Crippen LogP contribution in [0.5, 0.6) is 0 Å². The molecule has 77 heavy (non-hydrogen) atoms. The van der Waals surface area contributed by atoms with Crippen molar-refractivity contribution in [2.24, 2.45) is 0 Å². The van der Waals surface area contributed by atoms with Crippen LogP contribution < -0.4 is 0 Å². The zero-order chi connectivity index (χ0) is 53.7. The van der Waals surface area contributed by atoms with Crippen molar-refractivity contribution < 1.29 is 0 Å². The fourth-order valence-corrected chi connectivity index (χ4v) is 39.3. The molecule has 0 amide bonds. The molecule has 0 atom stereocenters. The van der Waals surface area contributed by atoms with Crippen LogP contribution in [0.2, 0.25) is 0 Å². The van der Waals surface area contributed by atoms with Gasteiger partial charge in [0.05, 0.1) is 67.8 Å². The highest BCUT2D eigenvalue weighted by molar-refractivity contribution is 8.51. The van der Waals surface area contributed by atoms with Crippen LogP contribution in [-0.2, 0) is 0 Å². The number of unbranched alkanes of at least 4 members (excludes halogenated alkanes) is 12. The van der Waals surface area contributed by atoms with E-state index in [2.05, 4.69) is 174 Å². The minimum Gasteiger partial charge on any atom is -0.135 e. The molecule has 0 radical (unpaired) electrons. The average molecular weight is 1410 g/mol. The molecule has 0 nitrogen and oxygen atoms in total. The third-order valence-corrected chi connectivity index (χ3v) is 42.2. The van der Waals surface area contributed by atoms with Gasteiger partial charge < -0.3 is 0 Å². The quantitative estimate of drug-likeness (QED) is 0.0730. The second kappa shape index (κ2) is 33.8. The number of allylic oxidation sites excluding steroid dienone is 8. The van der Waals surface area contributed by atoms with Gasteiger partial charge in [-0.05, 0) is 120 Å². The molecule has 0 fully saturated rings. The minimum atomic E-state index is 1.24. The first-order valence-electron chi connectivity index (χ1n) is 26.8. The summed E-state index contributed by atoms with van der Waals surface area (Å²) in [6.07, 6.45) is 26.4. The summed E-state index contributed by atoms with van der Waals surface area (Å²) >= 11 is 42.8. The lowest BCUT2D eigenvalue weighted by Crippen LogP contribution is -1.83. The Morgan fingerprint density at radius 2 is 0.584 bits per heavy atom. The molecule has 0 unspecified atom stereocenters. The summed E-state index contributed by atoms with van der Waals surface area (Å²) in [6, 6.07) is 4.85. The zero-order valence-corrected chi connectivity index (χ0v) is 62.2. The van der Waals surface area contributed by atoms with Crippen LogP contribution in [0, 0.1) is 0 Å². The number of rotatable bonds is 28. The average Bonchev–Trinajstić information content (AvgIpc) is 4.29. The monoisotopic (exact) mass is 1410 g/mol. The van der Waals surface area contributed by atoms with E-state index in [0.29, 0.717) is 0 Å². The number of thiophene rings is 1. The maximum Gasteiger partial charge on any atom is 0.0718 e. The highest BCUT2D eigenvalue weighted by Gasteiger charge is 2.37. The normalized spacial score (nSPS) is 19.8. The number of thioether (sulfide) groups is 20. The smallest absolute Gasteiger partial charge is 0.0718 e. The summed E-state index contributed by atoms with van der Waals surface area (Å²) in [5.41, 5.74) is 2.76. The van der Waals surface area contributed by atoms with E-state index in [-0.39, 0.29) is 0 Å². The van der Waals surface area contributed by atoms with Crippen LogP contribution >= 0.6 is 247 Å². The van der Waals surface area contributed by atoms with E-state index >= 15 is 0 Å². The summed E-state index contributed by atoms with van der Waals surface area (Å²) in [7, 11) is 0. The van der Waals surface area contributed by atoms with Crippen molar-refractivity contribution in [3.63, 3.8) is 0 Å². The fraction of sp³-hybridized carbons (Fsp3) is 0.500. The summed E-state index contributed by atoms with van der Waals surface area (Å²) in [4.78, 5) is 8.43. The van der Waals surface area contributed by atoms with Gasteiger partial charge in [0, 0.05) is 20.9 Å². The van der Waals surface area contributed by atoms with E-state index in [1.165, 1.54) is 217 Å². The van der Waals surface area contributed by atoms with Crippen molar-refractivity contribution in [1.29, 1.82) is 0 Å². The molecule has 0 N–H and O–H groups in total. The molecule has 0 saturated heterocycles. The Morgan fingerprint density at radius 1 is 0.325 bits per heavy atom. The van der Waals surface area contributed by atoms with Crippen LogP contribution in [0.1, 0.15) is 168 Å². The van der Waals surface area contributed by atoms with E-state index in [4.69, 9.17) is 0 Å². The second-order valence-corrected chi connectivity index (χ2v) is 45.3. The Balaban J connectivity index is 0.880. The van der Waals surface area contributed by atoms with Gasteiger partial charge in [-0.15, -0.1) is 58.4 Å². The molecule has 418 valence electrons. The fourth-order valence-electron chi connectivity index (χ4n) is 7.76. The summed E-state index contributed by atoms with van der Waals surface area (Å²) in [6.45, 7) is 18.4. The molecule has 1 aromatic rings. The van der Waals surface area contributed by atoms with Gasteiger partial charge in [0.1, 0.15) is 0 Å². The standard InChI is InChI=1S/C56H68S21/c1-9-13-17-21-27-57-45-46(58-28-22-18-14-10-2)71-53(70-45)55-74-49-50(75-55)67-41(66-49)31-37(43-61-33(5)34(6)62-43)39-25-26-40(65-39)38(44-63-35(7)36(8)64-44)32-42-68-51-52(69-42)77-56(76-51)54-72-47(59-29-23-19-15-11-3)48(73-54)60-30-24-20-16-12-4/h25-26,31-32H,9-24,27-30H2,1-8H3. The first kappa shape index (κ1) is 65.0. The zero-order valence-electron chi connectivity index (χ0n) is 45.0. The van der Waals surface area contributed by atoms with Crippen LogP contribution in [0.3, 0.4) is 0 Å². The van der Waals surface area contributed by atoms with E-state index in [1.807, 2.05) is 152 Å². The molecule has 8 aliphatic heterocycles. The Bertz CT molecular complexity index is 2430. The van der Waals surface area contributed by atoms with Gasteiger partial charge in [-0.25, -0.2) is 0 Å². The van der Waals surface area contributed by atoms with Crippen molar-refractivity contribution in [2.75, 3.05) is 23.0 Å². The topological polar surface area (TPSA) is 0 Å². The van der Waals surface area contributed by atoms with Crippen LogP contribution in [0.25, 0.3) is 11.1 Å². The first-order valence-corrected chi connectivity index (χ1v) is 44.6. The van der Waals surface area contributed by atoms with Crippen molar-refractivity contribution >= 4 is 258 Å². The maximum atomic E-state index is 2.54. The Kier molecular flexibility index (Phi) is 28.5. The molecular weight excluding hydrogens is 1350 g/mol. The van der Waals surface area contributed by atoms with Crippen molar-refractivity contribution in [1.82, 2.24) is 0 Å². The van der Waals surface area contributed by atoms with Gasteiger partial charge in [-0.1, -0.05) is 293 Å². The van der Waals surface area contributed by atoms with E-state index in [0.717, 1.165) is 0 Å². The van der Waals surface area contributed by atoms with E-state index < -0.39 is 0 Å². The number of hydrogen-bond acceptors (Lipinski definition) is 21. The largest absolute Gasteiger partial charge is 0.135 e. The van der Waals surface area contributed by atoms with Crippen LogP contribution in [-0.4, -0.2) is 23.0 Å². The van der Waals surface area contributed by atoms with E-state index in [9.17, 15) is 0 Å². The molecule has 0 bridgehead atoms. The Morgan fingerprint density at radius 3 is 0.857 bits per heavy atom. The lowest BCUT2D eigenvalue weighted by atomic mass is 10.2. The predicted molar refractivity (Wildman–Crippen MR) is 401 cm³/mol. The van der Waals surface area contributed by atoms with Crippen molar-refractivity contribution in [3.05, 3.63) is 121 Å². The van der Waals surface area contributed by atoms with E-state index in [1.54, 1.807) is 16.9 Å². The molecule has 8 aliphatic rings. The molecule has 0 saturated carbocycles. The lowest BCUT2D eigenvalue weighted by molar-refractivity contribution is 0.707. The third kappa shape index (κ3) is 18.6. The molecule has 0 aromatic carbocycles. The Labute approximate surface area is 552 Å². The molecule has 9 rings (SSSR count). The maximum absolute atomic E-state index is 2.54. The predicted octanol–water partition coefficient (Wildman–Crippen LogP) is 29.1. The van der Waals surface area contributed by atoms with Crippen molar-refractivity contribution in [2.45, 2.75) is 158 Å². The SMILES string of the molecule is CCCCCCSC1=C(SCCCCCC)SC(=C2SC3=C(SC(=CC(=C4SC(C)=C(C)S4)c4ccc(C(C=C5SC6=C(S5)SC(=C5SC(SCCCCCC)=C(SCCCCCC)S5)S6)=C5SC(C)=C(C)S5)s4)S3)S2)S1. The molecule has 0 aliphatic carbocycles. The highest BCUT2D eigenvalue weighted by atomic mass is 32.3. The first-order chi connectivity index (χ1) is 37.6. The van der Waals surface area contributed by atoms with Gasteiger partial charge in [0.15, 0.2) is 0 Å². The van der Waals surface area contributed by atoms with Gasteiger partial charge in [0.2, 0.25) is 0 Å².